The first-order valence-corrected chi connectivity index (χ1v) is 5.37. The number of anilines is 1. The molecule has 0 radical (unpaired) electrons. The number of hydrogen-bond acceptors (Lipinski definition) is 3. The lowest BCUT2D eigenvalue weighted by molar-refractivity contribution is -0.119. The van der Waals surface area contributed by atoms with E-state index < -0.39 is 19.3 Å². The molecule has 1 N–H and O–H groups in total. The molecule has 7 heteroatoms. The average molecular weight is 279 g/mol. The van der Waals surface area contributed by atoms with E-state index in [2.05, 4.69) is 0 Å². The Balaban J connectivity index is 2.99. The van der Waals surface area contributed by atoms with Crippen LogP contribution in [0.25, 0.3) is 0 Å². The maximum atomic E-state index is 12.4. The topological polar surface area (TPSA) is 47.3 Å². The highest BCUT2D eigenvalue weighted by Crippen LogP contribution is 2.26. The fourth-order valence-corrected chi connectivity index (χ4v) is 1.65. The van der Waals surface area contributed by atoms with Gasteiger partial charge in [-0.3, -0.25) is 0 Å². The van der Waals surface area contributed by atoms with Gasteiger partial charge in [-0.05, 0) is 18.2 Å². The van der Waals surface area contributed by atoms with Gasteiger partial charge in [0.2, 0.25) is 0 Å². The number of benzene rings is 1. The lowest BCUT2D eigenvalue weighted by Gasteiger charge is -2.25. The zero-order valence-electron chi connectivity index (χ0n) is 9.21. The third-order valence-electron chi connectivity index (χ3n) is 2.18. The summed E-state index contributed by atoms with van der Waals surface area (Å²) in [5.41, 5.74) is 0.404. The number of hydrogen-bond donors (Lipinski definition) is 1. The minimum atomic E-state index is -4.38. The molecule has 0 saturated carbocycles. The standard InChI is InChI=1S/C11H10ClF3N2O/c12-10-5-9(2-1-8(10)6-16)17(3-4-18)7-11(13,14)15/h1-2,5,18H,3-4,7H2. The Hall–Kier alpha value is -1.45. The highest BCUT2D eigenvalue weighted by molar-refractivity contribution is 6.32. The van der Waals surface area contributed by atoms with Crippen molar-refractivity contribution < 1.29 is 18.3 Å². The molecule has 0 aromatic heterocycles. The maximum Gasteiger partial charge on any atom is 0.405 e. The third-order valence-corrected chi connectivity index (χ3v) is 2.49. The molecule has 1 aromatic rings. The molecular weight excluding hydrogens is 269 g/mol. The SMILES string of the molecule is N#Cc1ccc(N(CCO)CC(F)(F)F)cc1Cl. The summed E-state index contributed by atoms with van der Waals surface area (Å²) in [6.07, 6.45) is -4.38. The Kier molecular flexibility index (Phi) is 4.82. The van der Waals surface area contributed by atoms with Gasteiger partial charge in [-0.2, -0.15) is 18.4 Å². The highest BCUT2D eigenvalue weighted by Gasteiger charge is 2.30. The predicted molar refractivity (Wildman–Crippen MR) is 61.5 cm³/mol. The molecule has 0 heterocycles. The zero-order chi connectivity index (χ0) is 13.8. The van der Waals surface area contributed by atoms with Crippen LogP contribution < -0.4 is 4.90 Å². The summed E-state index contributed by atoms with van der Waals surface area (Å²) in [4.78, 5) is 0.951. The number of halogens is 4. The van der Waals surface area contributed by atoms with Crippen molar-refractivity contribution in [3.8, 4) is 6.07 Å². The van der Waals surface area contributed by atoms with Crippen molar-refractivity contribution in [3.63, 3.8) is 0 Å². The van der Waals surface area contributed by atoms with E-state index in [0.29, 0.717) is 0 Å². The van der Waals surface area contributed by atoms with Gasteiger partial charge in [0.25, 0.3) is 0 Å². The molecule has 18 heavy (non-hydrogen) atoms. The van der Waals surface area contributed by atoms with Crippen LogP contribution in [0.5, 0.6) is 0 Å². The second-order valence-electron chi connectivity index (χ2n) is 3.54. The Morgan fingerprint density at radius 1 is 1.39 bits per heavy atom. The second-order valence-corrected chi connectivity index (χ2v) is 3.94. The van der Waals surface area contributed by atoms with Crippen LogP contribution in [0.15, 0.2) is 18.2 Å². The molecule has 0 amide bonds. The highest BCUT2D eigenvalue weighted by atomic mass is 35.5. The van der Waals surface area contributed by atoms with Gasteiger partial charge in [-0.1, -0.05) is 11.6 Å². The molecular formula is C11H10ClF3N2O. The Morgan fingerprint density at radius 3 is 2.50 bits per heavy atom. The number of alkyl halides is 3. The lowest BCUT2D eigenvalue weighted by Crippen LogP contribution is -2.36. The van der Waals surface area contributed by atoms with Crippen LogP contribution in [0.3, 0.4) is 0 Å². The molecule has 0 spiro atoms. The molecule has 0 aliphatic rings. The van der Waals surface area contributed by atoms with Crippen LogP contribution in [-0.4, -0.2) is 31.0 Å². The van der Waals surface area contributed by atoms with E-state index in [1.165, 1.54) is 18.2 Å². The minimum Gasteiger partial charge on any atom is -0.395 e. The van der Waals surface area contributed by atoms with Crippen LogP contribution in [-0.2, 0) is 0 Å². The van der Waals surface area contributed by atoms with Crippen LogP contribution in [0, 0.1) is 11.3 Å². The average Bonchev–Trinajstić information content (AvgIpc) is 2.26. The number of aliphatic hydroxyl groups excluding tert-OH is 1. The van der Waals surface area contributed by atoms with Crippen molar-refractivity contribution in [2.24, 2.45) is 0 Å². The number of aliphatic hydroxyl groups is 1. The maximum absolute atomic E-state index is 12.4. The minimum absolute atomic E-state index is 0.0834. The molecule has 0 aliphatic carbocycles. The molecule has 0 fully saturated rings. The van der Waals surface area contributed by atoms with Crippen LogP contribution in [0.2, 0.25) is 5.02 Å². The Labute approximate surface area is 107 Å². The Morgan fingerprint density at radius 2 is 2.06 bits per heavy atom. The summed E-state index contributed by atoms with van der Waals surface area (Å²) in [7, 11) is 0. The second kappa shape index (κ2) is 5.94. The molecule has 0 atom stereocenters. The smallest absolute Gasteiger partial charge is 0.395 e. The van der Waals surface area contributed by atoms with Crippen molar-refractivity contribution in [2.45, 2.75) is 6.18 Å². The summed E-state index contributed by atoms with van der Waals surface area (Å²) in [6.45, 7) is -1.76. The van der Waals surface area contributed by atoms with E-state index in [1.54, 1.807) is 0 Å². The molecule has 0 bridgehead atoms. The quantitative estimate of drug-likeness (QED) is 0.921. The van der Waals surface area contributed by atoms with Crippen molar-refractivity contribution in [2.75, 3.05) is 24.6 Å². The van der Waals surface area contributed by atoms with Gasteiger partial charge in [0.1, 0.15) is 12.6 Å². The molecule has 0 aliphatic heterocycles. The lowest BCUT2D eigenvalue weighted by atomic mass is 10.2. The third kappa shape index (κ3) is 4.09. The van der Waals surface area contributed by atoms with Gasteiger partial charge in [-0.25, -0.2) is 0 Å². The van der Waals surface area contributed by atoms with E-state index in [9.17, 15) is 13.2 Å². The van der Waals surface area contributed by atoms with Gasteiger partial charge in [-0.15, -0.1) is 0 Å². The largest absolute Gasteiger partial charge is 0.405 e. The molecule has 98 valence electrons. The number of rotatable bonds is 4. The van der Waals surface area contributed by atoms with Gasteiger partial charge in [0.05, 0.1) is 17.2 Å². The van der Waals surface area contributed by atoms with E-state index in [-0.39, 0.29) is 22.8 Å². The number of nitrogens with zero attached hydrogens (tertiary/aromatic N) is 2. The van der Waals surface area contributed by atoms with Crippen LogP contribution >= 0.6 is 11.6 Å². The summed E-state index contributed by atoms with van der Waals surface area (Å²) in [5.74, 6) is 0. The summed E-state index contributed by atoms with van der Waals surface area (Å²) in [5, 5.41) is 17.5. The zero-order valence-corrected chi connectivity index (χ0v) is 9.96. The predicted octanol–water partition coefficient (Wildman–Crippen LogP) is 2.57. The first-order chi connectivity index (χ1) is 8.37. The van der Waals surface area contributed by atoms with Crippen molar-refractivity contribution in [1.29, 1.82) is 5.26 Å². The molecule has 0 unspecified atom stereocenters. The van der Waals surface area contributed by atoms with E-state index in [0.717, 1.165) is 4.90 Å². The summed E-state index contributed by atoms with van der Waals surface area (Å²) in [6, 6.07) is 5.81. The van der Waals surface area contributed by atoms with Gasteiger partial charge in [0.15, 0.2) is 0 Å². The van der Waals surface area contributed by atoms with Gasteiger partial charge in [0, 0.05) is 12.2 Å². The summed E-state index contributed by atoms with van der Waals surface area (Å²) < 4.78 is 37.1. The van der Waals surface area contributed by atoms with Crippen LogP contribution in [0.4, 0.5) is 18.9 Å². The molecule has 1 aromatic carbocycles. The fraction of sp³-hybridized carbons (Fsp3) is 0.364. The van der Waals surface area contributed by atoms with Crippen molar-refractivity contribution in [1.82, 2.24) is 0 Å². The molecule has 1 rings (SSSR count). The Bertz CT molecular complexity index is 457. The van der Waals surface area contributed by atoms with E-state index >= 15 is 0 Å². The van der Waals surface area contributed by atoms with E-state index in [1.807, 2.05) is 6.07 Å². The first-order valence-electron chi connectivity index (χ1n) is 4.99. The summed E-state index contributed by atoms with van der Waals surface area (Å²) >= 11 is 5.75. The fourth-order valence-electron chi connectivity index (χ4n) is 1.43. The van der Waals surface area contributed by atoms with Gasteiger partial charge < -0.3 is 10.0 Å². The first kappa shape index (κ1) is 14.6. The van der Waals surface area contributed by atoms with Crippen LogP contribution in [0.1, 0.15) is 5.56 Å². The normalized spacial score (nSPS) is 11.1. The number of nitriles is 1. The van der Waals surface area contributed by atoms with Crippen molar-refractivity contribution in [3.05, 3.63) is 28.8 Å². The van der Waals surface area contributed by atoms with Gasteiger partial charge >= 0.3 is 6.18 Å². The molecule has 3 nitrogen and oxygen atoms in total. The monoisotopic (exact) mass is 278 g/mol. The molecule has 0 saturated heterocycles. The van der Waals surface area contributed by atoms with E-state index in [4.69, 9.17) is 22.0 Å². The van der Waals surface area contributed by atoms with Crippen molar-refractivity contribution >= 4 is 17.3 Å².